The van der Waals surface area contributed by atoms with Gasteiger partial charge in [0.25, 0.3) is 0 Å². The van der Waals surface area contributed by atoms with E-state index in [1.165, 1.54) is 12.4 Å². The molecule has 14 heavy (non-hydrogen) atoms. The Balaban J connectivity index is 1.65. The molecule has 1 saturated carbocycles. The molecule has 0 aromatic carbocycles. The molecule has 2 heterocycles. The molecule has 3 rings (SSSR count). The van der Waals surface area contributed by atoms with Crippen molar-refractivity contribution in [2.75, 3.05) is 18.4 Å². The fourth-order valence-corrected chi connectivity index (χ4v) is 2.17. The lowest BCUT2D eigenvalue weighted by Crippen LogP contribution is -2.22. The first kappa shape index (κ1) is 8.11. The number of aromatic nitrogens is 2. The molecule has 2 aliphatic rings. The molecule has 2 fully saturated rings. The van der Waals surface area contributed by atoms with Gasteiger partial charge < -0.3 is 10.6 Å². The summed E-state index contributed by atoms with van der Waals surface area (Å²) >= 11 is 0. The number of fused-ring (bicyclic) bond motifs is 1. The van der Waals surface area contributed by atoms with E-state index < -0.39 is 5.82 Å². The van der Waals surface area contributed by atoms with Crippen LogP contribution >= 0.6 is 0 Å². The van der Waals surface area contributed by atoms with Crippen LogP contribution in [0.2, 0.25) is 0 Å². The smallest absolute Gasteiger partial charge is 0.223 e. The fraction of sp³-hybridized carbons (Fsp3) is 0.556. The number of halogens is 1. The molecule has 74 valence electrons. The average molecular weight is 194 g/mol. The van der Waals surface area contributed by atoms with Crippen molar-refractivity contribution in [3.63, 3.8) is 0 Å². The standard InChI is InChI=1S/C9H11FN4/c10-5-1-12-9(13-2-5)14-8-6-3-11-4-7(6)8/h1-2,6-8,11H,3-4H2,(H,12,13,14). The van der Waals surface area contributed by atoms with E-state index in [0.29, 0.717) is 23.8 Å². The van der Waals surface area contributed by atoms with Gasteiger partial charge in [-0.15, -0.1) is 0 Å². The van der Waals surface area contributed by atoms with Crippen molar-refractivity contribution >= 4 is 5.95 Å². The normalized spacial score (nSPS) is 33.9. The molecule has 1 aromatic rings. The predicted octanol–water partition coefficient (Wildman–Crippen LogP) is 0.245. The van der Waals surface area contributed by atoms with Gasteiger partial charge in [0, 0.05) is 19.1 Å². The monoisotopic (exact) mass is 194 g/mol. The minimum absolute atomic E-state index is 0.395. The molecular formula is C9H11FN4. The third kappa shape index (κ3) is 1.24. The van der Waals surface area contributed by atoms with Crippen molar-refractivity contribution in [1.29, 1.82) is 0 Å². The summed E-state index contributed by atoms with van der Waals surface area (Å²) in [6.07, 6.45) is 2.37. The van der Waals surface area contributed by atoms with Crippen LogP contribution in [0, 0.1) is 17.7 Å². The van der Waals surface area contributed by atoms with E-state index in [2.05, 4.69) is 20.6 Å². The molecule has 0 radical (unpaired) electrons. The van der Waals surface area contributed by atoms with Crippen LogP contribution in [0.5, 0.6) is 0 Å². The highest BCUT2D eigenvalue weighted by atomic mass is 19.1. The summed E-state index contributed by atoms with van der Waals surface area (Å²) in [5.41, 5.74) is 0. The summed E-state index contributed by atoms with van der Waals surface area (Å²) in [5.74, 6) is 1.56. The molecule has 0 amide bonds. The maximum Gasteiger partial charge on any atom is 0.223 e. The number of rotatable bonds is 2. The van der Waals surface area contributed by atoms with Crippen molar-refractivity contribution in [3.05, 3.63) is 18.2 Å². The minimum Gasteiger partial charge on any atom is -0.351 e. The van der Waals surface area contributed by atoms with Crippen LogP contribution in [0.3, 0.4) is 0 Å². The number of hydrogen-bond donors (Lipinski definition) is 2. The van der Waals surface area contributed by atoms with Crippen molar-refractivity contribution in [1.82, 2.24) is 15.3 Å². The molecule has 2 atom stereocenters. The van der Waals surface area contributed by atoms with Gasteiger partial charge in [-0.05, 0) is 11.8 Å². The van der Waals surface area contributed by atoms with Crippen molar-refractivity contribution < 1.29 is 4.39 Å². The molecule has 1 saturated heterocycles. The van der Waals surface area contributed by atoms with Gasteiger partial charge in [0.2, 0.25) is 5.95 Å². The quantitative estimate of drug-likeness (QED) is 0.708. The van der Waals surface area contributed by atoms with Gasteiger partial charge in [0.15, 0.2) is 5.82 Å². The largest absolute Gasteiger partial charge is 0.351 e. The van der Waals surface area contributed by atoms with Crippen LogP contribution in [-0.2, 0) is 0 Å². The van der Waals surface area contributed by atoms with E-state index in [1.807, 2.05) is 0 Å². The second-order valence-electron chi connectivity index (χ2n) is 3.88. The lowest BCUT2D eigenvalue weighted by Gasteiger charge is -2.06. The van der Waals surface area contributed by atoms with E-state index in [4.69, 9.17) is 0 Å². The zero-order chi connectivity index (χ0) is 9.54. The second kappa shape index (κ2) is 2.88. The van der Waals surface area contributed by atoms with Crippen LogP contribution in [0.1, 0.15) is 0 Å². The van der Waals surface area contributed by atoms with Crippen LogP contribution in [0.25, 0.3) is 0 Å². The topological polar surface area (TPSA) is 49.8 Å². The van der Waals surface area contributed by atoms with Gasteiger partial charge in [0.05, 0.1) is 12.4 Å². The summed E-state index contributed by atoms with van der Waals surface area (Å²) in [6.45, 7) is 2.15. The Kier molecular flexibility index (Phi) is 1.67. The third-order valence-corrected chi connectivity index (χ3v) is 3.01. The second-order valence-corrected chi connectivity index (χ2v) is 3.88. The molecule has 1 aliphatic heterocycles. The van der Waals surface area contributed by atoms with Crippen LogP contribution in [-0.4, -0.2) is 29.1 Å². The molecule has 0 spiro atoms. The minimum atomic E-state index is -0.395. The van der Waals surface area contributed by atoms with E-state index in [9.17, 15) is 4.39 Å². The first-order chi connectivity index (χ1) is 6.84. The highest BCUT2D eigenvalue weighted by molar-refractivity contribution is 5.31. The Morgan fingerprint density at radius 3 is 2.57 bits per heavy atom. The molecule has 2 unspecified atom stereocenters. The van der Waals surface area contributed by atoms with E-state index >= 15 is 0 Å². The highest BCUT2D eigenvalue weighted by Gasteiger charge is 2.53. The molecule has 4 nitrogen and oxygen atoms in total. The molecule has 0 bridgehead atoms. The Morgan fingerprint density at radius 2 is 1.93 bits per heavy atom. The number of nitrogens with one attached hydrogen (secondary N) is 2. The number of hydrogen-bond acceptors (Lipinski definition) is 4. The van der Waals surface area contributed by atoms with Crippen LogP contribution in [0.4, 0.5) is 10.3 Å². The predicted molar refractivity (Wildman–Crippen MR) is 49.3 cm³/mol. The van der Waals surface area contributed by atoms with Crippen molar-refractivity contribution in [2.45, 2.75) is 6.04 Å². The summed E-state index contributed by atoms with van der Waals surface area (Å²) in [5, 5.41) is 6.52. The summed E-state index contributed by atoms with van der Waals surface area (Å²) in [7, 11) is 0. The highest BCUT2D eigenvalue weighted by Crippen LogP contribution is 2.43. The van der Waals surface area contributed by atoms with E-state index in [-0.39, 0.29) is 0 Å². The lowest BCUT2D eigenvalue weighted by atomic mass is 10.4. The third-order valence-electron chi connectivity index (χ3n) is 3.01. The van der Waals surface area contributed by atoms with Gasteiger partial charge in [-0.2, -0.15) is 0 Å². The molecular weight excluding hydrogens is 183 g/mol. The maximum atomic E-state index is 12.5. The molecule has 5 heteroatoms. The number of piperidine rings is 1. The Hall–Kier alpha value is -1.23. The van der Waals surface area contributed by atoms with Crippen molar-refractivity contribution in [2.24, 2.45) is 11.8 Å². The SMILES string of the molecule is Fc1cnc(NC2C3CNCC32)nc1. The fourth-order valence-electron chi connectivity index (χ4n) is 2.17. The van der Waals surface area contributed by atoms with Gasteiger partial charge in [0.1, 0.15) is 0 Å². The molecule has 1 aliphatic carbocycles. The van der Waals surface area contributed by atoms with Gasteiger partial charge in [-0.25, -0.2) is 14.4 Å². The van der Waals surface area contributed by atoms with Crippen molar-refractivity contribution in [3.8, 4) is 0 Å². The average Bonchev–Trinajstić information content (AvgIpc) is 2.63. The summed E-state index contributed by atoms with van der Waals surface area (Å²) < 4.78 is 12.5. The molecule has 2 N–H and O–H groups in total. The number of anilines is 1. The molecule has 1 aromatic heterocycles. The summed E-state index contributed by atoms with van der Waals surface area (Å²) in [6, 6.07) is 0.488. The van der Waals surface area contributed by atoms with E-state index in [0.717, 1.165) is 13.1 Å². The zero-order valence-electron chi connectivity index (χ0n) is 7.57. The van der Waals surface area contributed by atoms with Crippen LogP contribution in [0.15, 0.2) is 12.4 Å². The Morgan fingerprint density at radius 1 is 1.29 bits per heavy atom. The zero-order valence-corrected chi connectivity index (χ0v) is 7.57. The van der Waals surface area contributed by atoms with Gasteiger partial charge in [-0.1, -0.05) is 0 Å². The number of nitrogens with zero attached hydrogens (tertiary/aromatic N) is 2. The Bertz CT molecular complexity index is 329. The van der Waals surface area contributed by atoms with Gasteiger partial charge >= 0.3 is 0 Å². The Labute approximate surface area is 80.9 Å². The van der Waals surface area contributed by atoms with Gasteiger partial charge in [-0.3, -0.25) is 0 Å². The van der Waals surface area contributed by atoms with E-state index in [1.54, 1.807) is 0 Å². The maximum absolute atomic E-state index is 12.5. The lowest BCUT2D eigenvalue weighted by molar-refractivity contribution is 0.613. The first-order valence-corrected chi connectivity index (χ1v) is 4.79. The van der Waals surface area contributed by atoms with Crippen LogP contribution < -0.4 is 10.6 Å². The summed E-state index contributed by atoms with van der Waals surface area (Å²) in [4.78, 5) is 7.74. The first-order valence-electron chi connectivity index (χ1n) is 4.79.